The average molecular weight is 435 g/mol. The molecular formula is C21H17F4N3O3. The van der Waals surface area contributed by atoms with Gasteiger partial charge in [0.15, 0.2) is 11.6 Å². The predicted octanol–water partition coefficient (Wildman–Crippen LogP) is 4.26. The molecule has 2 aromatic carbocycles. The normalized spacial score (nSPS) is 18.3. The standard InChI is InChI=1S/C21H17F4N3O3/c1-30-12-6-14(22)18(15(23)7-12)13-9-26-21(29)19(13)27-17-8-16(31-28-17)10-2-4-11(5-3-10)20(24)25/h2-8,13,19-20H,9H2,1H3,(H,26,29)(H,27,28)/t13-,19-/m0/s1. The lowest BCUT2D eigenvalue weighted by Gasteiger charge is -2.19. The molecule has 0 radical (unpaired) electrons. The van der Waals surface area contributed by atoms with Gasteiger partial charge in [0.2, 0.25) is 5.91 Å². The first-order valence-electron chi connectivity index (χ1n) is 9.29. The van der Waals surface area contributed by atoms with Crippen molar-refractivity contribution < 1.29 is 31.6 Å². The van der Waals surface area contributed by atoms with Crippen molar-refractivity contribution in [3.8, 4) is 17.1 Å². The summed E-state index contributed by atoms with van der Waals surface area (Å²) >= 11 is 0. The first kappa shape index (κ1) is 20.7. The van der Waals surface area contributed by atoms with Crippen molar-refractivity contribution in [1.82, 2.24) is 10.5 Å². The van der Waals surface area contributed by atoms with Gasteiger partial charge >= 0.3 is 0 Å². The highest BCUT2D eigenvalue weighted by Gasteiger charge is 2.39. The summed E-state index contributed by atoms with van der Waals surface area (Å²) in [4.78, 5) is 12.3. The van der Waals surface area contributed by atoms with Crippen LogP contribution in [0.3, 0.4) is 0 Å². The van der Waals surface area contributed by atoms with Crippen molar-refractivity contribution in [2.75, 3.05) is 19.0 Å². The Morgan fingerprint density at radius 2 is 1.84 bits per heavy atom. The molecule has 0 saturated carbocycles. The predicted molar refractivity (Wildman–Crippen MR) is 103 cm³/mol. The molecule has 1 aromatic heterocycles. The van der Waals surface area contributed by atoms with Crippen molar-refractivity contribution in [2.24, 2.45) is 0 Å². The van der Waals surface area contributed by atoms with Gasteiger partial charge < -0.3 is 19.9 Å². The van der Waals surface area contributed by atoms with Gasteiger partial charge in [0, 0.05) is 47.4 Å². The molecule has 2 N–H and O–H groups in total. The average Bonchev–Trinajstić information content (AvgIpc) is 3.36. The third kappa shape index (κ3) is 4.05. The smallest absolute Gasteiger partial charge is 0.263 e. The molecule has 1 fully saturated rings. The topological polar surface area (TPSA) is 76.4 Å². The van der Waals surface area contributed by atoms with E-state index in [1.165, 1.54) is 37.4 Å². The number of amides is 1. The van der Waals surface area contributed by atoms with Gasteiger partial charge in [0.05, 0.1) is 7.11 Å². The molecule has 0 bridgehead atoms. The highest BCUT2D eigenvalue weighted by Crippen LogP contribution is 2.33. The van der Waals surface area contributed by atoms with E-state index in [0.717, 1.165) is 12.1 Å². The van der Waals surface area contributed by atoms with Gasteiger partial charge in [0.1, 0.15) is 23.4 Å². The number of methoxy groups -OCH3 is 1. The van der Waals surface area contributed by atoms with Crippen LogP contribution in [0.2, 0.25) is 0 Å². The zero-order valence-corrected chi connectivity index (χ0v) is 16.2. The van der Waals surface area contributed by atoms with Crippen LogP contribution in [0.25, 0.3) is 11.3 Å². The molecule has 0 aliphatic carbocycles. The van der Waals surface area contributed by atoms with Crippen LogP contribution < -0.4 is 15.4 Å². The van der Waals surface area contributed by atoms with E-state index in [4.69, 9.17) is 9.26 Å². The fourth-order valence-corrected chi connectivity index (χ4v) is 3.52. The number of hydrogen-bond donors (Lipinski definition) is 2. The second-order valence-corrected chi connectivity index (χ2v) is 6.98. The van der Waals surface area contributed by atoms with Gasteiger partial charge in [-0.05, 0) is 0 Å². The molecule has 1 saturated heterocycles. The largest absolute Gasteiger partial charge is 0.497 e. The van der Waals surface area contributed by atoms with Crippen molar-refractivity contribution in [3.05, 3.63) is 65.2 Å². The fraction of sp³-hybridized carbons (Fsp3) is 0.238. The summed E-state index contributed by atoms with van der Waals surface area (Å²) in [5.41, 5.74) is 0.128. The Kier molecular flexibility index (Phi) is 5.53. The molecule has 162 valence electrons. The van der Waals surface area contributed by atoms with Crippen LogP contribution in [0.4, 0.5) is 23.4 Å². The van der Waals surface area contributed by atoms with Gasteiger partial charge in [-0.15, -0.1) is 0 Å². The summed E-state index contributed by atoms with van der Waals surface area (Å²) in [6, 6.07) is 8.02. The molecule has 2 heterocycles. The number of halogens is 4. The van der Waals surface area contributed by atoms with Crippen LogP contribution in [0.5, 0.6) is 5.75 Å². The van der Waals surface area contributed by atoms with E-state index in [-0.39, 0.29) is 35.0 Å². The molecule has 1 aliphatic heterocycles. The number of nitrogens with one attached hydrogen (secondary N) is 2. The van der Waals surface area contributed by atoms with Crippen LogP contribution in [0.1, 0.15) is 23.5 Å². The maximum absolute atomic E-state index is 14.5. The number of alkyl halides is 2. The van der Waals surface area contributed by atoms with Gasteiger partial charge in [-0.1, -0.05) is 29.4 Å². The minimum absolute atomic E-state index is 0.0243. The van der Waals surface area contributed by atoms with Crippen LogP contribution in [0, 0.1) is 11.6 Å². The highest BCUT2D eigenvalue weighted by molar-refractivity contribution is 5.88. The van der Waals surface area contributed by atoms with E-state index >= 15 is 0 Å². The van der Waals surface area contributed by atoms with E-state index in [1.54, 1.807) is 0 Å². The fourth-order valence-electron chi connectivity index (χ4n) is 3.52. The number of rotatable bonds is 6. The Bertz CT molecular complexity index is 1080. The van der Waals surface area contributed by atoms with Gasteiger partial charge in [-0.2, -0.15) is 0 Å². The quantitative estimate of drug-likeness (QED) is 0.566. The number of ether oxygens (including phenoxy) is 1. The van der Waals surface area contributed by atoms with E-state index in [0.29, 0.717) is 5.56 Å². The first-order chi connectivity index (χ1) is 14.9. The Balaban J connectivity index is 1.57. The minimum Gasteiger partial charge on any atom is -0.497 e. The molecule has 2 atom stereocenters. The van der Waals surface area contributed by atoms with E-state index in [1.807, 2.05) is 0 Å². The van der Waals surface area contributed by atoms with Crippen molar-refractivity contribution in [2.45, 2.75) is 18.4 Å². The number of hydrogen-bond acceptors (Lipinski definition) is 5. The summed E-state index contributed by atoms with van der Waals surface area (Å²) in [5.74, 6) is -2.49. The Hall–Kier alpha value is -3.56. The van der Waals surface area contributed by atoms with Crippen LogP contribution >= 0.6 is 0 Å². The van der Waals surface area contributed by atoms with E-state index in [9.17, 15) is 22.4 Å². The van der Waals surface area contributed by atoms with Crippen LogP contribution in [-0.2, 0) is 4.79 Å². The van der Waals surface area contributed by atoms with Crippen LogP contribution in [0.15, 0.2) is 47.0 Å². The third-order valence-electron chi connectivity index (χ3n) is 5.10. The Morgan fingerprint density at radius 1 is 1.16 bits per heavy atom. The minimum atomic E-state index is -2.59. The lowest BCUT2D eigenvalue weighted by molar-refractivity contribution is -0.119. The number of aromatic nitrogens is 1. The molecule has 6 nitrogen and oxygen atoms in total. The number of carbonyl (C=O) groups is 1. The molecule has 3 aromatic rings. The summed E-state index contributed by atoms with van der Waals surface area (Å²) in [7, 11) is 1.29. The zero-order valence-electron chi connectivity index (χ0n) is 16.2. The number of carbonyl (C=O) groups excluding carboxylic acids is 1. The molecular weight excluding hydrogens is 418 g/mol. The summed E-state index contributed by atoms with van der Waals surface area (Å²) in [6.45, 7) is 0.0243. The number of anilines is 1. The summed E-state index contributed by atoms with van der Waals surface area (Å²) in [5, 5.41) is 9.25. The van der Waals surface area contributed by atoms with Gasteiger partial charge in [-0.3, -0.25) is 4.79 Å². The second-order valence-electron chi connectivity index (χ2n) is 6.98. The molecule has 1 amide bonds. The maximum Gasteiger partial charge on any atom is 0.263 e. The monoisotopic (exact) mass is 435 g/mol. The first-order valence-corrected chi connectivity index (χ1v) is 9.29. The second kappa shape index (κ2) is 8.29. The summed E-state index contributed by atoms with van der Waals surface area (Å²) < 4.78 is 64.5. The highest BCUT2D eigenvalue weighted by atomic mass is 19.3. The van der Waals surface area contributed by atoms with Crippen molar-refractivity contribution in [1.29, 1.82) is 0 Å². The molecule has 0 unspecified atom stereocenters. The summed E-state index contributed by atoms with van der Waals surface area (Å²) in [6.07, 6.45) is -2.59. The third-order valence-corrected chi connectivity index (χ3v) is 5.10. The maximum atomic E-state index is 14.5. The van der Waals surface area contributed by atoms with Gasteiger partial charge in [0.25, 0.3) is 6.43 Å². The molecule has 31 heavy (non-hydrogen) atoms. The van der Waals surface area contributed by atoms with E-state index < -0.39 is 35.9 Å². The molecule has 4 rings (SSSR count). The van der Waals surface area contributed by atoms with Crippen molar-refractivity contribution >= 4 is 11.7 Å². The lowest BCUT2D eigenvalue weighted by atomic mass is 9.92. The molecule has 1 aliphatic rings. The SMILES string of the molecule is COc1cc(F)c([C@@H]2CNC(=O)[C@H]2Nc2cc(-c3ccc(C(F)F)cc3)on2)c(F)c1. The lowest BCUT2D eigenvalue weighted by Crippen LogP contribution is -2.33. The van der Waals surface area contributed by atoms with Crippen LogP contribution in [-0.4, -0.2) is 30.8 Å². The van der Waals surface area contributed by atoms with Gasteiger partial charge in [-0.25, -0.2) is 17.6 Å². The molecule has 10 heteroatoms. The Morgan fingerprint density at radius 3 is 2.45 bits per heavy atom. The van der Waals surface area contributed by atoms with E-state index in [2.05, 4.69) is 15.8 Å². The number of nitrogens with zero attached hydrogens (tertiary/aromatic N) is 1. The van der Waals surface area contributed by atoms with Crippen molar-refractivity contribution in [3.63, 3.8) is 0 Å². The Labute approximate surface area is 174 Å². The number of benzene rings is 2. The molecule has 0 spiro atoms. The zero-order chi connectivity index (χ0) is 22.1.